The van der Waals surface area contributed by atoms with Gasteiger partial charge in [-0.25, -0.2) is 0 Å². The average Bonchev–Trinajstić information content (AvgIpc) is 2.29. The van der Waals surface area contributed by atoms with Crippen molar-refractivity contribution in [1.29, 1.82) is 0 Å². The number of rotatable bonds is 5. The van der Waals surface area contributed by atoms with E-state index >= 15 is 0 Å². The van der Waals surface area contributed by atoms with E-state index < -0.39 is 0 Å². The Labute approximate surface area is 90.1 Å². The molecule has 0 fully saturated rings. The van der Waals surface area contributed by atoms with Crippen LogP contribution < -0.4 is 0 Å². The summed E-state index contributed by atoms with van der Waals surface area (Å²) in [4.78, 5) is 11.8. The molecule has 0 radical (unpaired) electrons. The molecule has 0 unspecified atom stereocenters. The van der Waals surface area contributed by atoms with Gasteiger partial charge in [0.2, 0.25) is 0 Å². The molecule has 0 bridgehead atoms. The molecule has 0 aliphatic carbocycles. The molecule has 0 aromatic rings. The third-order valence-corrected chi connectivity index (χ3v) is 1.95. The van der Waals surface area contributed by atoms with Crippen LogP contribution in [0.3, 0.4) is 0 Å². The molecule has 0 atom stereocenters. The molecule has 0 saturated carbocycles. The van der Waals surface area contributed by atoms with Crippen LogP contribution in [0.25, 0.3) is 0 Å². The third kappa shape index (κ3) is 3.27. The minimum Gasteiger partial charge on any atom is -0.490 e. The largest absolute Gasteiger partial charge is 0.490 e. The highest BCUT2D eigenvalue weighted by atomic mass is 16.5. The maximum atomic E-state index is 11.8. The second-order valence-electron chi connectivity index (χ2n) is 3.09. The summed E-state index contributed by atoms with van der Waals surface area (Å²) >= 11 is 0. The molecule has 0 saturated heterocycles. The fraction of sp³-hybridized carbons (Fsp3) is 0.417. The standard InChI is InChI=1S/C12H16O3/c1-3-7-10(14-4-2)12(13)11-8-5-6-9-15-11/h3,7-8H,1,4-6,9H2,2H3/b10-7+. The van der Waals surface area contributed by atoms with Crippen LogP contribution in [0.1, 0.15) is 19.8 Å². The summed E-state index contributed by atoms with van der Waals surface area (Å²) in [6.07, 6.45) is 6.75. The van der Waals surface area contributed by atoms with E-state index in [1.54, 1.807) is 6.08 Å². The Morgan fingerprint density at radius 3 is 3.07 bits per heavy atom. The predicted molar refractivity (Wildman–Crippen MR) is 58.2 cm³/mol. The fourth-order valence-corrected chi connectivity index (χ4v) is 1.29. The third-order valence-electron chi connectivity index (χ3n) is 1.95. The summed E-state index contributed by atoms with van der Waals surface area (Å²) in [7, 11) is 0. The van der Waals surface area contributed by atoms with Gasteiger partial charge in [0, 0.05) is 0 Å². The van der Waals surface area contributed by atoms with E-state index in [4.69, 9.17) is 9.47 Å². The molecule has 1 aliphatic heterocycles. The lowest BCUT2D eigenvalue weighted by Gasteiger charge is -2.15. The maximum absolute atomic E-state index is 11.8. The van der Waals surface area contributed by atoms with Crippen LogP contribution in [-0.2, 0) is 14.3 Å². The number of hydrogen-bond acceptors (Lipinski definition) is 3. The van der Waals surface area contributed by atoms with E-state index in [2.05, 4.69) is 6.58 Å². The number of ether oxygens (including phenoxy) is 2. The highest BCUT2D eigenvalue weighted by molar-refractivity contribution is 6.05. The lowest BCUT2D eigenvalue weighted by molar-refractivity contribution is -0.119. The molecule has 82 valence electrons. The molecular weight excluding hydrogens is 192 g/mol. The zero-order valence-electron chi connectivity index (χ0n) is 8.99. The number of Topliss-reactive ketones (excluding diaryl/α,β-unsaturated/α-hetero) is 1. The van der Waals surface area contributed by atoms with Crippen molar-refractivity contribution in [2.45, 2.75) is 19.8 Å². The SMILES string of the molecule is C=C/C=C(/OCC)C(=O)C1=CCCCO1. The van der Waals surface area contributed by atoms with Crippen molar-refractivity contribution >= 4 is 5.78 Å². The van der Waals surface area contributed by atoms with Crippen molar-refractivity contribution in [3.05, 3.63) is 36.3 Å². The van der Waals surface area contributed by atoms with E-state index in [1.807, 2.05) is 13.0 Å². The van der Waals surface area contributed by atoms with Gasteiger partial charge in [-0.15, -0.1) is 0 Å². The first-order valence-corrected chi connectivity index (χ1v) is 5.12. The predicted octanol–water partition coefficient (Wildman–Crippen LogP) is 2.36. The lowest BCUT2D eigenvalue weighted by Crippen LogP contribution is -2.14. The number of ketones is 1. The Morgan fingerprint density at radius 2 is 2.53 bits per heavy atom. The second-order valence-corrected chi connectivity index (χ2v) is 3.09. The zero-order valence-corrected chi connectivity index (χ0v) is 8.99. The molecule has 1 aliphatic rings. The first kappa shape index (κ1) is 11.6. The van der Waals surface area contributed by atoms with Gasteiger partial charge in [-0.3, -0.25) is 4.79 Å². The van der Waals surface area contributed by atoms with Gasteiger partial charge in [0.25, 0.3) is 5.78 Å². The quantitative estimate of drug-likeness (QED) is 0.395. The summed E-state index contributed by atoms with van der Waals surface area (Å²) in [6.45, 7) is 6.43. The van der Waals surface area contributed by atoms with Crippen LogP contribution in [0.4, 0.5) is 0 Å². The second kappa shape index (κ2) is 6.06. The molecule has 0 N–H and O–H groups in total. The maximum Gasteiger partial charge on any atom is 0.261 e. The van der Waals surface area contributed by atoms with Crippen LogP contribution in [0.5, 0.6) is 0 Å². The van der Waals surface area contributed by atoms with Gasteiger partial charge in [-0.2, -0.15) is 0 Å². The molecule has 3 nitrogen and oxygen atoms in total. The molecule has 1 rings (SSSR count). The van der Waals surface area contributed by atoms with Crippen molar-refractivity contribution in [3.8, 4) is 0 Å². The number of hydrogen-bond donors (Lipinski definition) is 0. The minimum absolute atomic E-state index is 0.198. The van der Waals surface area contributed by atoms with Gasteiger partial charge in [-0.1, -0.05) is 12.7 Å². The fourth-order valence-electron chi connectivity index (χ4n) is 1.29. The van der Waals surface area contributed by atoms with Crippen LogP contribution >= 0.6 is 0 Å². The van der Waals surface area contributed by atoms with Gasteiger partial charge in [0.15, 0.2) is 11.5 Å². The number of carbonyl (C=O) groups excluding carboxylic acids is 1. The summed E-state index contributed by atoms with van der Waals surface area (Å²) in [5.41, 5.74) is 0. The summed E-state index contributed by atoms with van der Waals surface area (Å²) in [5, 5.41) is 0. The van der Waals surface area contributed by atoms with Crippen molar-refractivity contribution in [2.24, 2.45) is 0 Å². The molecule has 0 spiro atoms. The van der Waals surface area contributed by atoms with E-state index in [0.717, 1.165) is 12.8 Å². The number of carbonyl (C=O) groups is 1. The van der Waals surface area contributed by atoms with E-state index in [1.165, 1.54) is 6.08 Å². The summed E-state index contributed by atoms with van der Waals surface area (Å²) < 4.78 is 10.5. The normalized spacial score (nSPS) is 16.3. The molecule has 0 amide bonds. The summed E-state index contributed by atoms with van der Waals surface area (Å²) in [5.74, 6) is 0.486. The summed E-state index contributed by atoms with van der Waals surface area (Å²) in [6, 6.07) is 0. The highest BCUT2D eigenvalue weighted by Gasteiger charge is 2.18. The Balaban J connectivity index is 2.75. The Morgan fingerprint density at radius 1 is 1.73 bits per heavy atom. The smallest absolute Gasteiger partial charge is 0.261 e. The Kier molecular flexibility index (Phi) is 4.68. The minimum atomic E-state index is -0.198. The molecular formula is C12H16O3. The van der Waals surface area contributed by atoms with Gasteiger partial charge < -0.3 is 9.47 Å². The van der Waals surface area contributed by atoms with E-state index in [0.29, 0.717) is 24.7 Å². The molecule has 15 heavy (non-hydrogen) atoms. The first-order valence-electron chi connectivity index (χ1n) is 5.12. The number of allylic oxidation sites excluding steroid dienone is 3. The zero-order chi connectivity index (χ0) is 11.1. The average molecular weight is 208 g/mol. The molecule has 1 heterocycles. The molecule has 0 aromatic heterocycles. The van der Waals surface area contributed by atoms with E-state index in [-0.39, 0.29) is 5.78 Å². The van der Waals surface area contributed by atoms with Crippen LogP contribution in [0.2, 0.25) is 0 Å². The van der Waals surface area contributed by atoms with Crippen molar-refractivity contribution < 1.29 is 14.3 Å². The van der Waals surface area contributed by atoms with Crippen molar-refractivity contribution in [2.75, 3.05) is 13.2 Å². The highest BCUT2D eigenvalue weighted by Crippen LogP contribution is 2.15. The van der Waals surface area contributed by atoms with Crippen LogP contribution in [-0.4, -0.2) is 19.0 Å². The Bertz CT molecular complexity index is 300. The molecule has 3 heteroatoms. The lowest BCUT2D eigenvalue weighted by atomic mass is 10.1. The van der Waals surface area contributed by atoms with Crippen molar-refractivity contribution in [3.63, 3.8) is 0 Å². The van der Waals surface area contributed by atoms with Gasteiger partial charge in [-0.05, 0) is 31.9 Å². The topological polar surface area (TPSA) is 35.5 Å². The van der Waals surface area contributed by atoms with Crippen molar-refractivity contribution in [1.82, 2.24) is 0 Å². The van der Waals surface area contributed by atoms with Crippen LogP contribution in [0.15, 0.2) is 36.3 Å². The van der Waals surface area contributed by atoms with Gasteiger partial charge in [0.1, 0.15) is 0 Å². The Hall–Kier alpha value is -1.51. The monoisotopic (exact) mass is 208 g/mol. The van der Waals surface area contributed by atoms with Crippen LogP contribution in [0, 0.1) is 0 Å². The molecule has 0 aromatic carbocycles. The van der Waals surface area contributed by atoms with E-state index in [9.17, 15) is 4.79 Å². The van der Waals surface area contributed by atoms with Gasteiger partial charge >= 0.3 is 0 Å². The first-order chi connectivity index (χ1) is 7.29. The van der Waals surface area contributed by atoms with Gasteiger partial charge in [0.05, 0.1) is 13.2 Å².